The summed E-state index contributed by atoms with van der Waals surface area (Å²) in [5.74, 6) is -6.16. The van der Waals surface area contributed by atoms with E-state index in [1.54, 1.807) is 0 Å². The van der Waals surface area contributed by atoms with Gasteiger partial charge in [-0.1, -0.05) is 0 Å². The van der Waals surface area contributed by atoms with Crippen LogP contribution in [0.2, 0.25) is 0 Å². The molecule has 2 heterocycles. The lowest BCUT2D eigenvalue weighted by Crippen LogP contribution is -2.44. The average molecular weight is 731 g/mol. The summed E-state index contributed by atoms with van der Waals surface area (Å²) in [4.78, 5) is 147. The summed E-state index contributed by atoms with van der Waals surface area (Å²) in [5.41, 5.74) is 0. The molecule has 20 nitrogen and oxygen atoms in total. The predicted octanol–water partition coefficient (Wildman–Crippen LogP) is -4.30. The van der Waals surface area contributed by atoms with Crippen LogP contribution < -0.4 is 21.3 Å². The van der Waals surface area contributed by atoms with Gasteiger partial charge in [0, 0.05) is 103 Å². The highest BCUT2D eigenvalue weighted by atomic mass is 16.2. The SMILES string of the molecule is CN(CCN(C)C(=O)CNC(=O)CCC(=O)CNC(=O)CCN1C(=O)C=CC1=O)C(=O)CNC(=O)CCC(=O)CNC(=O)CCN1C(=O)C=CC1=O. The minimum atomic E-state index is -0.571. The van der Waals surface area contributed by atoms with E-state index in [0.717, 1.165) is 34.1 Å². The van der Waals surface area contributed by atoms with E-state index in [0.29, 0.717) is 0 Å². The molecule has 10 amide bonds. The van der Waals surface area contributed by atoms with E-state index in [2.05, 4.69) is 21.3 Å². The van der Waals surface area contributed by atoms with Gasteiger partial charge in [0.1, 0.15) is 0 Å². The largest absolute Gasteiger partial charge is 0.349 e. The Morgan fingerprint density at radius 2 is 0.750 bits per heavy atom. The maximum absolute atomic E-state index is 12.4. The van der Waals surface area contributed by atoms with Crippen molar-refractivity contribution in [3.05, 3.63) is 24.3 Å². The van der Waals surface area contributed by atoms with E-state index in [-0.39, 0.29) is 90.9 Å². The molecular weight excluding hydrogens is 688 g/mol. The quantitative estimate of drug-likeness (QED) is 0.0728. The zero-order chi connectivity index (χ0) is 38.8. The highest BCUT2D eigenvalue weighted by molar-refractivity contribution is 6.13. The van der Waals surface area contributed by atoms with Crippen LogP contribution in [0.1, 0.15) is 38.5 Å². The lowest BCUT2D eigenvalue weighted by molar-refractivity contribution is -0.139. The van der Waals surface area contributed by atoms with Crippen LogP contribution in [-0.2, 0) is 57.5 Å². The van der Waals surface area contributed by atoms with Gasteiger partial charge in [-0.25, -0.2) is 0 Å². The topological polar surface area (TPSA) is 266 Å². The predicted molar refractivity (Wildman–Crippen MR) is 177 cm³/mol. The number of Topliss-reactive ketones (excluding diaryl/α,β-unsaturated/α-hetero) is 2. The molecule has 0 radical (unpaired) electrons. The minimum absolute atomic E-state index is 0.0986. The summed E-state index contributed by atoms with van der Waals surface area (Å²) in [6.07, 6.45) is 3.15. The van der Waals surface area contributed by atoms with Crippen LogP contribution in [0, 0.1) is 0 Å². The first-order valence-electron chi connectivity index (χ1n) is 16.2. The van der Waals surface area contributed by atoms with E-state index in [1.165, 1.54) is 23.9 Å². The second-order valence-electron chi connectivity index (χ2n) is 11.6. The molecule has 0 unspecified atom stereocenters. The van der Waals surface area contributed by atoms with Crippen molar-refractivity contribution in [3.8, 4) is 0 Å². The third-order valence-electron chi connectivity index (χ3n) is 7.65. The summed E-state index contributed by atoms with van der Waals surface area (Å²) in [6, 6.07) is 0. The minimum Gasteiger partial charge on any atom is -0.349 e. The molecule has 0 atom stereocenters. The van der Waals surface area contributed by atoms with Crippen molar-refractivity contribution in [2.45, 2.75) is 38.5 Å². The highest BCUT2D eigenvalue weighted by Gasteiger charge is 2.25. The van der Waals surface area contributed by atoms with Gasteiger partial charge in [-0.15, -0.1) is 0 Å². The molecule has 2 aliphatic heterocycles. The van der Waals surface area contributed by atoms with Crippen molar-refractivity contribution >= 4 is 70.6 Å². The van der Waals surface area contributed by atoms with Gasteiger partial charge in [-0.05, 0) is 0 Å². The Morgan fingerprint density at radius 3 is 1.08 bits per heavy atom. The van der Waals surface area contributed by atoms with Crippen molar-refractivity contribution in [2.75, 3.05) is 66.5 Å². The van der Waals surface area contributed by atoms with E-state index < -0.39 is 70.6 Å². The van der Waals surface area contributed by atoms with Gasteiger partial charge < -0.3 is 31.1 Å². The van der Waals surface area contributed by atoms with Crippen molar-refractivity contribution < 1.29 is 57.5 Å². The third kappa shape index (κ3) is 15.2. The smallest absolute Gasteiger partial charge is 0.253 e. The van der Waals surface area contributed by atoms with E-state index in [9.17, 15) is 57.5 Å². The molecule has 0 aromatic rings. The van der Waals surface area contributed by atoms with E-state index in [4.69, 9.17) is 0 Å². The number of rotatable bonds is 23. The van der Waals surface area contributed by atoms with Crippen molar-refractivity contribution in [1.82, 2.24) is 40.9 Å². The monoisotopic (exact) mass is 730 g/mol. The Hall–Kier alpha value is -6.08. The molecule has 0 spiro atoms. The molecule has 20 heteroatoms. The van der Waals surface area contributed by atoms with Gasteiger partial charge in [0.25, 0.3) is 23.6 Å². The fraction of sp³-hybridized carbons (Fsp3) is 0.500. The van der Waals surface area contributed by atoms with Crippen LogP contribution in [0.15, 0.2) is 24.3 Å². The summed E-state index contributed by atoms with van der Waals surface area (Å²) in [6.45, 7) is -1.48. The van der Waals surface area contributed by atoms with Crippen LogP contribution in [-0.4, -0.2) is 157 Å². The molecule has 0 aromatic heterocycles. The molecule has 4 N–H and O–H groups in total. The fourth-order valence-electron chi connectivity index (χ4n) is 4.33. The second kappa shape index (κ2) is 21.2. The highest BCUT2D eigenvalue weighted by Crippen LogP contribution is 2.05. The molecule has 282 valence electrons. The number of carbonyl (C=O) groups excluding carboxylic acids is 12. The third-order valence-corrected chi connectivity index (χ3v) is 7.65. The number of nitrogens with zero attached hydrogens (tertiary/aromatic N) is 4. The zero-order valence-corrected chi connectivity index (χ0v) is 28.9. The Labute approximate surface area is 298 Å². The Kier molecular flexibility index (Phi) is 17.2. The molecule has 0 aromatic carbocycles. The van der Waals surface area contributed by atoms with E-state index in [1.807, 2.05) is 0 Å². The lowest BCUT2D eigenvalue weighted by atomic mass is 10.2. The standard InChI is InChI=1S/C32H42N8O12/c1-37(31(51)19-35-23(43)5-3-21(41)17-33-25(45)11-13-39-27(47)7-8-28(39)48)15-16-38(2)32(52)20-36-24(44)6-4-22(42)18-34-26(46)12-14-40-29(49)9-10-30(40)50/h7-10H,3-6,11-20H2,1-2H3,(H,33,45)(H,34,46)(H,35,43)(H,36,44). The van der Waals surface area contributed by atoms with Gasteiger partial charge in [-0.3, -0.25) is 67.3 Å². The number of imide groups is 2. The fourth-order valence-corrected chi connectivity index (χ4v) is 4.33. The summed E-state index contributed by atoms with van der Waals surface area (Å²) in [7, 11) is 2.92. The zero-order valence-electron chi connectivity index (χ0n) is 28.9. The van der Waals surface area contributed by atoms with Crippen molar-refractivity contribution in [3.63, 3.8) is 0 Å². The molecule has 52 heavy (non-hydrogen) atoms. The Bertz CT molecular complexity index is 1390. The van der Waals surface area contributed by atoms with Crippen LogP contribution in [0.4, 0.5) is 0 Å². The number of hydrogen-bond acceptors (Lipinski definition) is 12. The van der Waals surface area contributed by atoms with Crippen LogP contribution in [0.25, 0.3) is 0 Å². The number of likely N-dealkylation sites (N-methyl/N-ethyl adjacent to an activating group) is 2. The molecular formula is C32H42N8O12. The van der Waals surface area contributed by atoms with Gasteiger partial charge >= 0.3 is 0 Å². The summed E-state index contributed by atoms with van der Waals surface area (Å²) < 4.78 is 0. The van der Waals surface area contributed by atoms with Crippen molar-refractivity contribution in [2.24, 2.45) is 0 Å². The van der Waals surface area contributed by atoms with Gasteiger partial charge in [0.2, 0.25) is 35.4 Å². The summed E-state index contributed by atoms with van der Waals surface area (Å²) >= 11 is 0. The van der Waals surface area contributed by atoms with Crippen molar-refractivity contribution in [1.29, 1.82) is 0 Å². The molecule has 0 saturated carbocycles. The number of carbonyl (C=O) groups is 12. The Morgan fingerprint density at radius 1 is 0.462 bits per heavy atom. The number of hydrogen-bond donors (Lipinski definition) is 4. The number of ketones is 2. The molecule has 2 aliphatic rings. The second-order valence-corrected chi connectivity index (χ2v) is 11.6. The van der Waals surface area contributed by atoms with Crippen LogP contribution in [0.5, 0.6) is 0 Å². The molecule has 2 rings (SSSR count). The van der Waals surface area contributed by atoms with E-state index >= 15 is 0 Å². The van der Waals surface area contributed by atoms with Gasteiger partial charge in [-0.2, -0.15) is 0 Å². The van der Waals surface area contributed by atoms with Gasteiger partial charge in [0.05, 0.1) is 26.2 Å². The van der Waals surface area contributed by atoms with Crippen LogP contribution >= 0.6 is 0 Å². The van der Waals surface area contributed by atoms with Gasteiger partial charge in [0.15, 0.2) is 11.6 Å². The molecule has 0 aliphatic carbocycles. The number of amides is 10. The number of nitrogens with one attached hydrogen (secondary N) is 4. The first-order chi connectivity index (χ1) is 24.6. The lowest BCUT2D eigenvalue weighted by Gasteiger charge is -2.22. The summed E-state index contributed by atoms with van der Waals surface area (Å²) in [5, 5.41) is 9.51. The molecule has 0 fully saturated rings. The normalized spacial score (nSPS) is 13.3. The first kappa shape index (κ1) is 42.1. The molecule has 0 bridgehead atoms. The first-order valence-corrected chi connectivity index (χ1v) is 16.2. The maximum Gasteiger partial charge on any atom is 0.253 e. The average Bonchev–Trinajstić information content (AvgIpc) is 3.62. The maximum atomic E-state index is 12.4. The molecule has 0 saturated heterocycles. The Balaban J connectivity index is 1.51. The van der Waals surface area contributed by atoms with Crippen LogP contribution in [0.3, 0.4) is 0 Å².